The van der Waals surface area contributed by atoms with Gasteiger partial charge in [-0.3, -0.25) is 0 Å². The molecule has 0 radical (unpaired) electrons. The molecular formula is C19H26F2O2. The van der Waals surface area contributed by atoms with Crippen molar-refractivity contribution in [1.29, 1.82) is 0 Å². The van der Waals surface area contributed by atoms with Gasteiger partial charge in [0.25, 0.3) is 0 Å². The van der Waals surface area contributed by atoms with E-state index in [2.05, 4.69) is 6.92 Å². The van der Waals surface area contributed by atoms with Gasteiger partial charge in [0.05, 0.1) is 12.9 Å². The molecule has 0 atom stereocenters. The third-order valence-corrected chi connectivity index (χ3v) is 4.48. The number of rotatable bonds is 7. The molecule has 2 nitrogen and oxygen atoms in total. The fourth-order valence-electron chi connectivity index (χ4n) is 3.16. The van der Waals surface area contributed by atoms with Crippen molar-refractivity contribution < 1.29 is 18.3 Å². The molecule has 0 saturated heterocycles. The Kier molecular flexibility index (Phi) is 6.87. The maximum Gasteiger partial charge on any atom is 0.205 e. The monoisotopic (exact) mass is 324 g/mol. The smallest absolute Gasteiger partial charge is 0.205 e. The summed E-state index contributed by atoms with van der Waals surface area (Å²) in [6, 6.07) is 2.83. The Balaban J connectivity index is 1.88. The molecule has 23 heavy (non-hydrogen) atoms. The predicted molar refractivity (Wildman–Crippen MR) is 87.7 cm³/mol. The Morgan fingerprint density at radius 1 is 1.04 bits per heavy atom. The van der Waals surface area contributed by atoms with E-state index in [0.717, 1.165) is 18.8 Å². The zero-order valence-electron chi connectivity index (χ0n) is 14.0. The average Bonchev–Trinajstić information content (AvgIpc) is 2.57. The minimum atomic E-state index is -1.01. The predicted octanol–water partition coefficient (Wildman–Crippen LogP) is 5.86. The number of halogens is 2. The van der Waals surface area contributed by atoms with Gasteiger partial charge in [0.15, 0.2) is 11.5 Å². The van der Waals surface area contributed by atoms with Crippen LogP contribution in [0.25, 0.3) is 0 Å². The van der Waals surface area contributed by atoms with Gasteiger partial charge in [-0.05, 0) is 43.7 Å². The van der Waals surface area contributed by atoms with Gasteiger partial charge in [0, 0.05) is 0 Å². The lowest BCUT2D eigenvalue weighted by molar-refractivity contribution is 0.173. The Hall–Kier alpha value is -1.58. The molecule has 2 rings (SSSR count). The van der Waals surface area contributed by atoms with Gasteiger partial charge in [0.1, 0.15) is 0 Å². The van der Waals surface area contributed by atoms with E-state index in [-0.39, 0.29) is 11.5 Å². The van der Waals surface area contributed by atoms with Gasteiger partial charge in [-0.25, -0.2) is 0 Å². The van der Waals surface area contributed by atoms with E-state index in [9.17, 15) is 8.78 Å². The van der Waals surface area contributed by atoms with Crippen molar-refractivity contribution in [3.05, 3.63) is 36.1 Å². The van der Waals surface area contributed by atoms with E-state index in [0.29, 0.717) is 12.5 Å². The molecule has 0 spiro atoms. The second-order valence-electron chi connectivity index (χ2n) is 6.26. The lowest BCUT2D eigenvalue weighted by atomic mass is 9.80. The lowest BCUT2D eigenvalue weighted by Gasteiger charge is -2.28. The largest absolute Gasteiger partial charge is 0.490 e. The fraction of sp³-hybridized carbons (Fsp3) is 0.579. The molecule has 0 N–H and O–H groups in total. The normalized spacial score (nSPS) is 21.6. The number of benzene rings is 1. The Labute approximate surface area is 137 Å². The first kappa shape index (κ1) is 17.8. The number of allylic oxidation sites excluding steroid dienone is 1. The van der Waals surface area contributed by atoms with E-state index in [1.165, 1.54) is 44.1 Å². The van der Waals surface area contributed by atoms with Crippen molar-refractivity contribution in [3.8, 4) is 11.5 Å². The highest BCUT2D eigenvalue weighted by Gasteiger charge is 2.22. The summed E-state index contributed by atoms with van der Waals surface area (Å²) in [5.41, 5.74) is 0. The van der Waals surface area contributed by atoms with E-state index in [1.807, 2.05) is 0 Å². The van der Waals surface area contributed by atoms with Crippen LogP contribution in [0.1, 0.15) is 52.4 Å². The maximum absolute atomic E-state index is 14.0. The maximum atomic E-state index is 14.0. The molecular weight excluding hydrogens is 298 g/mol. The van der Waals surface area contributed by atoms with E-state index in [1.54, 1.807) is 13.0 Å². The van der Waals surface area contributed by atoms with Gasteiger partial charge in [-0.2, -0.15) is 8.78 Å². The molecule has 1 aromatic carbocycles. The molecule has 1 saturated carbocycles. The van der Waals surface area contributed by atoms with Crippen LogP contribution >= 0.6 is 0 Å². The molecule has 0 aliphatic heterocycles. The summed E-state index contributed by atoms with van der Waals surface area (Å²) in [7, 11) is 0. The quantitative estimate of drug-likeness (QED) is 0.585. The standard InChI is InChI=1S/C19H26F2O2/c1-3-5-14-6-8-15(9-7-14)13-23-17-11-10-16(22-12-4-2)18(20)19(17)21/h4,10-12,14-15H,3,5-9,13H2,1-2H3. The zero-order chi connectivity index (χ0) is 16.7. The van der Waals surface area contributed by atoms with Crippen molar-refractivity contribution in [2.24, 2.45) is 11.8 Å². The number of hydrogen-bond donors (Lipinski definition) is 0. The van der Waals surface area contributed by atoms with Gasteiger partial charge in [0.2, 0.25) is 11.6 Å². The molecule has 128 valence electrons. The molecule has 4 heteroatoms. The van der Waals surface area contributed by atoms with Gasteiger partial charge in [-0.15, -0.1) is 0 Å². The van der Waals surface area contributed by atoms with Crippen LogP contribution in [0.5, 0.6) is 11.5 Å². The second kappa shape index (κ2) is 8.90. The average molecular weight is 324 g/mol. The third-order valence-electron chi connectivity index (χ3n) is 4.48. The molecule has 0 aromatic heterocycles. The highest BCUT2D eigenvalue weighted by Crippen LogP contribution is 2.33. The van der Waals surface area contributed by atoms with Crippen LogP contribution in [0.3, 0.4) is 0 Å². The van der Waals surface area contributed by atoms with E-state index >= 15 is 0 Å². The summed E-state index contributed by atoms with van der Waals surface area (Å²) >= 11 is 0. The lowest BCUT2D eigenvalue weighted by Crippen LogP contribution is -2.20. The molecule has 1 fully saturated rings. The molecule has 0 amide bonds. The number of ether oxygens (including phenoxy) is 2. The third kappa shape index (κ3) is 4.95. The number of hydrogen-bond acceptors (Lipinski definition) is 2. The van der Waals surface area contributed by atoms with Crippen molar-refractivity contribution in [1.82, 2.24) is 0 Å². The molecule has 0 bridgehead atoms. The first-order chi connectivity index (χ1) is 11.2. The van der Waals surface area contributed by atoms with Gasteiger partial charge >= 0.3 is 0 Å². The fourth-order valence-corrected chi connectivity index (χ4v) is 3.16. The van der Waals surface area contributed by atoms with Crippen molar-refractivity contribution >= 4 is 0 Å². The van der Waals surface area contributed by atoms with Crippen molar-refractivity contribution in [2.45, 2.75) is 52.4 Å². The first-order valence-electron chi connectivity index (χ1n) is 8.54. The van der Waals surface area contributed by atoms with Gasteiger partial charge in [-0.1, -0.05) is 38.7 Å². The molecule has 1 aromatic rings. The minimum Gasteiger partial charge on any atom is -0.490 e. The summed E-state index contributed by atoms with van der Waals surface area (Å²) in [5.74, 6) is -0.893. The first-order valence-corrected chi connectivity index (χ1v) is 8.54. The van der Waals surface area contributed by atoms with Crippen LogP contribution in [-0.4, -0.2) is 6.61 Å². The van der Waals surface area contributed by atoms with Crippen LogP contribution in [0, 0.1) is 23.5 Å². The van der Waals surface area contributed by atoms with E-state index < -0.39 is 11.6 Å². The Morgan fingerprint density at radius 2 is 1.65 bits per heavy atom. The van der Waals surface area contributed by atoms with Crippen LogP contribution in [0.15, 0.2) is 24.5 Å². The van der Waals surface area contributed by atoms with E-state index in [4.69, 9.17) is 9.47 Å². The molecule has 1 aliphatic carbocycles. The van der Waals surface area contributed by atoms with Crippen LogP contribution < -0.4 is 9.47 Å². The summed E-state index contributed by atoms with van der Waals surface area (Å²) in [5, 5.41) is 0. The highest BCUT2D eigenvalue weighted by atomic mass is 19.2. The summed E-state index contributed by atoms with van der Waals surface area (Å²) in [4.78, 5) is 0. The Bertz CT molecular complexity index is 520. The van der Waals surface area contributed by atoms with Gasteiger partial charge < -0.3 is 9.47 Å². The van der Waals surface area contributed by atoms with Crippen molar-refractivity contribution in [2.75, 3.05) is 6.61 Å². The summed E-state index contributed by atoms with van der Waals surface area (Å²) < 4.78 is 38.4. The summed E-state index contributed by atoms with van der Waals surface area (Å²) in [6.07, 6.45) is 10.1. The van der Waals surface area contributed by atoms with Crippen LogP contribution in [0.2, 0.25) is 0 Å². The molecule has 0 unspecified atom stereocenters. The van der Waals surface area contributed by atoms with Crippen LogP contribution in [-0.2, 0) is 0 Å². The Morgan fingerprint density at radius 3 is 2.30 bits per heavy atom. The molecule has 0 heterocycles. The van der Waals surface area contributed by atoms with Crippen molar-refractivity contribution in [3.63, 3.8) is 0 Å². The SMILES string of the molecule is CC=COc1ccc(OCC2CCC(CCC)CC2)c(F)c1F. The van der Waals surface area contributed by atoms with Crippen LogP contribution in [0.4, 0.5) is 8.78 Å². The summed E-state index contributed by atoms with van der Waals surface area (Å²) in [6.45, 7) is 4.40. The topological polar surface area (TPSA) is 18.5 Å². The molecule has 1 aliphatic rings. The minimum absolute atomic E-state index is 0.0361. The second-order valence-corrected chi connectivity index (χ2v) is 6.26. The zero-order valence-corrected chi connectivity index (χ0v) is 14.0. The highest BCUT2D eigenvalue weighted by molar-refractivity contribution is 5.35.